The van der Waals surface area contributed by atoms with Gasteiger partial charge in [0.15, 0.2) is 29.6 Å². The third-order valence-corrected chi connectivity index (χ3v) is 8.88. The monoisotopic (exact) mass is 699 g/mol. The van der Waals surface area contributed by atoms with Gasteiger partial charge in [0.25, 0.3) is 5.91 Å². The van der Waals surface area contributed by atoms with Gasteiger partial charge in [-0.05, 0) is 46.0 Å². The maximum absolute atomic E-state index is 14.1. The highest BCUT2D eigenvalue weighted by atomic mass is 19.2. The van der Waals surface area contributed by atoms with Crippen molar-refractivity contribution in [3.8, 4) is 11.1 Å². The number of fused-ring (bicyclic) bond motifs is 1. The number of nitrogens with one attached hydrogen (secondary N) is 1. The number of para-hydroxylation sites is 2. The lowest BCUT2D eigenvalue weighted by Crippen LogP contribution is -2.32. The van der Waals surface area contributed by atoms with Gasteiger partial charge in [0.05, 0.1) is 42.7 Å². The molecular weight excluding hydrogens is 669 g/mol. The Morgan fingerprint density at radius 2 is 1.45 bits per heavy atom. The highest BCUT2D eigenvalue weighted by Gasteiger charge is 2.33. The Bertz CT molecular complexity index is 2180. The second-order valence-electron chi connectivity index (χ2n) is 12.2. The van der Waals surface area contributed by atoms with E-state index >= 15 is 0 Å². The summed E-state index contributed by atoms with van der Waals surface area (Å²) in [5, 5.41) is 11.8. The van der Waals surface area contributed by atoms with Gasteiger partial charge in [0.2, 0.25) is 5.82 Å². The van der Waals surface area contributed by atoms with Crippen molar-refractivity contribution in [3.05, 3.63) is 160 Å². The van der Waals surface area contributed by atoms with E-state index in [-0.39, 0.29) is 25.4 Å². The van der Waals surface area contributed by atoms with Crippen LogP contribution >= 0.6 is 0 Å². The van der Waals surface area contributed by atoms with Gasteiger partial charge in [0.1, 0.15) is 5.56 Å². The fourth-order valence-corrected chi connectivity index (χ4v) is 6.18. The molecule has 3 unspecified atom stereocenters. The molecule has 7 rings (SSSR count). The van der Waals surface area contributed by atoms with Gasteiger partial charge in [0, 0.05) is 18.5 Å². The van der Waals surface area contributed by atoms with E-state index in [4.69, 9.17) is 9.47 Å². The first-order valence-corrected chi connectivity index (χ1v) is 16.1. The third kappa shape index (κ3) is 6.98. The zero-order valence-electron chi connectivity index (χ0n) is 26.8. The van der Waals surface area contributed by atoms with E-state index in [1.165, 1.54) is 0 Å². The molecule has 1 aromatic heterocycles. The summed E-state index contributed by atoms with van der Waals surface area (Å²) in [4.78, 5) is 17.0. The molecule has 260 valence electrons. The van der Waals surface area contributed by atoms with Gasteiger partial charge >= 0.3 is 0 Å². The number of ether oxygens (including phenoxy) is 2. The maximum Gasteiger partial charge on any atom is 0.257 e. The number of aliphatic hydroxyl groups excluding tert-OH is 1. The van der Waals surface area contributed by atoms with Crippen molar-refractivity contribution >= 4 is 16.9 Å². The molecular formula is C39H30F5N3O4. The van der Waals surface area contributed by atoms with E-state index in [1.54, 1.807) is 24.5 Å². The molecule has 3 atom stereocenters. The second-order valence-corrected chi connectivity index (χ2v) is 12.2. The van der Waals surface area contributed by atoms with E-state index in [1.807, 2.05) is 78.9 Å². The first-order chi connectivity index (χ1) is 24.7. The SMILES string of the molecule is O=C(NCc1cccc(-c2ccc(C3OC(Cn4cnc5ccccc54)CC(c4ccc(CO)cc4)O3)cc2)c1)c1c(F)c(F)c(F)c(F)c1F. The second kappa shape index (κ2) is 14.4. The Morgan fingerprint density at radius 1 is 0.765 bits per heavy atom. The number of hydrogen-bond acceptors (Lipinski definition) is 5. The number of hydrogen-bond donors (Lipinski definition) is 2. The maximum atomic E-state index is 14.1. The molecule has 1 aliphatic heterocycles. The van der Waals surface area contributed by atoms with Crippen molar-refractivity contribution in [2.75, 3.05) is 0 Å². The van der Waals surface area contributed by atoms with Gasteiger partial charge in [-0.15, -0.1) is 0 Å². The average molecular weight is 700 g/mol. The van der Waals surface area contributed by atoms with E-state index in [2.05, 4.69) is 14.9 Å². The minimum absolute atomic E-state index is 0.0594. The van der Waals surface area contributed by atoms with Crippen molar-refractivity contribution in [1.82, 2.24) is 14.9 Å². The molecule has 1 aliphatic rings. The van der Waals surface area contributed by atoms with Crippen LogP contribution in [-0.2, 0) is 29.2 Å². The highest BCUT2D eigenvalue weighted by molar-refractivity contribution is 5.94. The lowest BCUT2D eigenvalue weighted by Gasteiger charge is -2.36. The minimum atomic E-state index is -2.33. The number of halogens is 5. The molecule has 0 spiro atoms. The molecule has 2 N–H and O–H groups in total. The van der Waals surface area contributed by atoms with Gasteiger partial charge < -0.3 is 24.5 Å². The van der Waals surface area contributed by atoms with Crippen molar-refractivity contribution in [1.29, 1.82) is 0 Å². The van der Waals surface area contributed by atoms with Crippen LogP contribution in [0.3, 0.4) is 0 Å². The number of carbonyl (C=O) groups is 1. The van der Waals surface area contributed by atoms with E-state index in [0.29, 0.717) is 18.5 Å². The van der Waals surface area contributed by atoms with Crippen LogP contribution in [0.25, 0.3) is 22.2 Å². The average Bonchev–Trinajstić information content (AvgIpc) is 3.58. The van der Waals surface area contributed by atoms with Crippen LogP contribution in [0.5, 0.6) is 0 Å². The van der Waals surface area contributed by atoms with Crippen LogP contribution < -0.4 is 5.32 Å². The summed E-state index contributed by atoms with van der Waals surface area (Å²) >= 11 is 0. The lowest BCUT2D eigenvalue weighted by molar-refractivity contribution is -0.252. The first kappa shape index (κ1) is 34.0. The molecule has 0 saturated carbocycles. The van der Waals surface area contributed by atoms with Crippen LogP contribution in [0.15, 0.2) is 103 Å². The Balaban J connectivity index is 1.08. The molecule has 2 heterocycles. The van der Waals surface area contributed by atoms with Gasteiger partial charge in [-0.2, -0.15) is 0 Å². The minimum Gasteiger partial charge on any atom is -0.392 e. The predicted molar refractivity (Wildman–Crippen MR) is 177 cm³/mol. The Kier molecular flexibility index (Phi) is 9.63. The molecule has 1 fully saturated rings. The zero-order chi connectivity index (χ0) is 35.6. The van der Waals surface area contributed by atoms with E-state index < -0.39 is 46.8 Å². The summed E-state index contributed by atoms with van der Waals surface area (Å²) in [5.41, 5.74) is 4.96. The number of rotatable bonds is 9. The molecule has 0 aliphatic carbocycles. The van der Waals surface area contributed by atoms with Gasteiger partial charge in [-0.3, -0.25) is 4.79 Å². The topological polar surface area (TPSA) is 85.6 Å². The zero-order valence-corrected chi connectivity index (χ0v) is 26.8. The number of nitrogens with zero attached hydrogens (tertiary/aromatic N) is 2. The number of benzene rings is 5. The third-order valence-electron chi connectivity index (χ3n) is 8.88. The summed E-state index contributed by atoms with van der Waals surface area (Å²) in [6.45, 7) is 0.260. The molecule has 6 aromatic rings. The van der Waals surface area contributed by atoms with Crippen LogP contribution in [0.2, 0.25) is 0 Å². The van der Waals surface area contributed by atoms with Crippen molar-refractivity contribution in [3.63, 3.8) is 0 Å². The predicted octanol–water partition coefficient (Wildman–Crippen LogP) is 8.07. The van der Waals surface area contributed by atoms with Crippen LogP contribution in [0.4, 0.5) is 22.0 Å². The van der Waals surface area contributed by atoms with E-state index in [9.17, 15) is 31.9 Å². The molecule has 1 amide bonds. The fourth-order valence-electron chi connectivity index (χ4n) is 6.18. The first-order valence-electron chi connectivity index (χ1n) is 16.1. The smallest absolute Gasteiger partial charge is 0.257 e. The lowest BCUT2D eigenvalue weighted by atomic mass is 9.99. The molecule has 5 aromatic carbocycles. The van der Waals surface area contributed by atoms with Crippen molar-refractivity contribution in [2.24, 2.45) is 0 Å². The van der Waals surface area contributed by atoms with E-state index in [0.717, 1.165) is 38.9 Å². The Morgan fingerprint density at radius 3 is 2.18 bits per heavy atom. The molecule has 0 bridgehead atoms. The van der Waals surface area contributed by atoms with Crippen LogP contribution in [0.1, 0.15) is 51.4 Å². The number of aliphatic hydroxyl groups is 1. The molecule has 12 heteroatoms. The van der Waals surface area contributed by atoms with Crippen LogP contribution in [0, 0.1) is 29.1 Å². The molecule has 0 radical (unpaired) electrons. The number of imidazole rings is 1. The standard InChI is InChI=1S/C39H30F5N3O4/c40-33-32(34(41)36(43)37(44)35(33)42)38(49)45-18-23-4-3-5-27(16-23)24-12-14-26(15-13-24)39-50-28(19-47-21-46-29-6-1-2-7-30(29)47)17-31(51-39)25-10-8-22(20-48)9-11-25/h1-16,21,28,31,39,48H,17-20H2,(H,45,49). The fraction of sp³-hybridized carbons (Fsp3) is 0.179. The summed E-state index contributed by atoms with van der Waals surface area (Å²) in [7, 11) is 0. The number of carbonyl (C=O) groups excluding carboxylic acids is 1. The summed E-state index contributed by atoms with van der Waals surface area (Å²) in [6.07, 6.45) is 1.19. The Labute approximate surface area is 288 Å². The van der Waals surface area contributed by atoms with Crippen LogP contribution in [-0.4, -0.2) is 26.7 Å². The molecule has 51 heavy (non-hydrogen) atoms. The van der Waals surface area contributed by atoms with Gasteiger partial charge in [-0.1, -0.05) is 78.9 Å². The van der Waals surface area contributed by atoms with Crippen molar-refractivity contribution in [2.45, 2.75) is 44.6 Å². The quantitative estimate of drug-likeness (QED) is 0.0907. The summed E-state index contributed by atoms with van der Waals surface area (Å²) in [6, 6.07) is 30.0. The summed E-state index contributed by atoms with van der Waals surface area (Å²) in [5.74, 6) is -12.6. The Hall–Kier alpha value is -5.43. The number of aromatic nitrogens is 2. The number of amides is 1. The largest absolute Gasteiger partial charge is 0.392 e. The molecule has 7 nitrogen and oxygen atoms in total. The van der Waals surface area contributed by atoms with Crippen molar-refractivity contribution < 1.29 is 41.3 Å². The van der Waals surface area contributed by atoms with Gasteiger partial charge in [-0.25, -0.2) is 26.9 Å². The normalized spacial score (nSPS) is 17.5. The molecule has 1 saturated heterocycles. The summed E-state index contributed by atoms with van der Waals surface area (Å²) < 4.78 is 83.9. The highest BCUT2D eigenvalue weighted by Crippen LogP contribution is 2.39.